The number of carbonyl (C=O) groups is 1. The van der Waals surface area contributed by atoms with Crippen LogP contribution in [-0.4, -0.2) is 19.2 Å². The van der Waals surface area contributed by atoms with Crippen molar-refractivity contribution in [2.45, 2.75) is 70.8 Å². The average Bonchev–Trinajstić information content (AvgIpc) is 2.99. The van der Waals surface area contributed by atoms with Crippen LogP contribution in [0.25, 0.3) is 0 Å². The summed E-state index contributed by atoms with van der Waals surface area (Å²) in [6.45, 7) is 3.77. The van der Waals surface area contributed by atoms with Crippen molar-refractivity contribution in [1.29, 1.82) is 0 Å². The summed E-state index contributed by atoms with van der Waals surface area (Å²) in [4.78, 5) is 11.6. The number of halogens is 1. The van der Waals surface area contributed by atoms with Crippen LogP contribution in [-0.2, 0) is 16.0 Å². The number of rotatable bonds is 3. The van der Waals surface area contributed by atoms with E-state index in [1.165, 1.54) is 25.2 Å². The lowest BCUT2D eigenvalue weighted by Gasteiger charge is -2.51. The van der Waals surface area contributed by atoms with Crippen molar-refractivity contribution in [3.05, 3.63) is 29.1 Å². The van der Waals surface area contributed by atoms with E-state index in [0.29, 0.717) is 23.5 Å². The van der Waals surface area contributed by atoms with E-state index in [9.17, 15) is 9.18 Å². The van der Waals surface area contributed by atoms with Gasteiger partial charge >= 0.3 is 5.97 Å². The van der Waals surface area contributed by atoms with Crippen molar-refractivity contribution in [2.75, 3.05) is 7.11 Å². The minimum atomic E-state index is -0.247. The van der Waals surface area contributed by atoms with Crippen LogP contribution in [0.2, 0.25) is 0 Å². The molecule has 0 saturated heterocycles. The van der Waals surface area contributed by atoms with Crippen molar-refractivity contribution in [3.63, 3.8) is 0 Å². The summed E-state index contributed by atoms with van der Waals surface area (Å²) in [5, 5.41) is 0. The van der Waals surface area contributed by atoms with Gasteiger partial charge in [0.25, 0.3) is 0 Å². The first-order valence-corrected chi connectivity index (χ1v) is 10.0. The third kappa shape index (κ3) is 2.56. The molecule has 5 atom stereocenters. The van der Waals surface area contributed by atoms with Crippen LogP contribution in [0.5, 0.6) is 5.75 Å². The monoisotopic (exact) mass is 360 g/mol. The van der Waals surface area contributed by atoms with Gasteiger partial charge in [-0.3, -0.25) is 4.79 Å². The Bertz CT molecular complexity index is 716. The van der Waals surface area contributed by atoms with E-state index in [4.69, 9.17) is 9.47 Å². The Morgan fingerprint density at radius 3 is 2.77 bits per heavy atom. The Balaban J connectivity index is 1.66. The summed E-state index contributed by atoms with van der Waals surface area (Å²) in [5.74, 6) is 1.53. The normalized spacial score (nSPS) is 35.2. The molecule has 26 heavy (non-hydrogen) atoms. The summed E-state index contributed by atoms with van der Waals surface area (Å²) >= 11 is 0. The molecule has 1 aromatic carbocycles. The van der Waals surface area contributed by atoms with Gasteiger partial charge in [-0.15, -0.1) is 0 Å². The van der Waals surface area contributed by atoms with E-state index in [1.807, 2.05) is 6.07 Å². The van der Waals surface area contributed by atoms with Crippen LogP contribution in [0, 0.1) is 23.1 Å². The summed E-state index contributed by atoms with van der Waals surface area (Å²) in [5.41, 5.74) is 2.57. The van der Waals surface area contributed by atoms with Gasteiger partial charge in [0.05, 0.1) is 7.11 Å². The van der Waals surface area contributed by atoms with E-state index in [0.717, 1.165) is 44.9 Å². The van der Waals surface area contributed by atoms with E-state index < -0.39 is 0 Å². The van der Waals surface area contributed by atoms with Gasteiger partial charge in [0, 0.05) is 12.3 Å². The molecule has 0 heterocycles. The zero-order chi connectivity index (χ0) is 18.5. The molecule has 0 bridgehead atoms. The summed E-state index contributed by atoms with van der Waals surface area (Å²) in [7, 11) is 1.53. The first kappa shape index (κ1) is 17.8. The Kier molecular flexibility index (Phi) is 4.48. The molecule has 0 amide bonds. The number of esters is 1. The van der Waals surface area contributed by atoms with Crippen LogP contribution in [0.4, 0.5) is 4.39 Å². The predicted molar refractivity (Wildman–Crippen MR) is 97.7 cm³/mol. The van der Waals surface area contributed by atoms with Crippen LogP contribution < -0.4 is 4.74 Å². The van der Waals surface area contributed by atoms with Crippen LogP contribution in [0.3, 0.4) is 0 Å². The van der Waals surface area contributed by atoms with Crippen LogP contribution in [0.1, 0.15) is 69.4 Å². The zero-order valence-corrected chi connectivity index (χ0v) is 16.0. The van der Waals surface area contributed by atoms with E-state index in [1.54, 1.807) is 6.07 Å². The lowest BCUT2D eigenvalue weighted by Crippen LogP contribution is -2.46. The molecular weight excluding hydrogens is 331 g/mol. The van der Waals surface area contributed by atoms with Crippen LogP contribution >= 0.6 is 0 Å². The predicted octanol–water partition coefficient (Wildman–Crippen LogP) is 5.01. The minimum absolute atomic E-state index is 0.0601. The number of benzene rings is 1. The van der Waals surface area contributed by atoms with Gasteiger partial charge in [-0.25, -0.2) is 4.39 Å². The highest BCUT2D eigenvalue weighted by Gasteiger charge is 2.57. The van der Waals surface area contributed by atoms with E-state index in [-0.39, 0.29) is 23.3 Å². The maximum absolute atomic E-state index is 14.4. The molecule has 2 fully saturated rings. The van der Waals surface area contributed by atoms with Gasteiger partial charge in [-0.05, 0) is 86.0 Å². The minimum Gasteiger partial charge on any atom is -0.494 e. The molecule has 142 valence electrons. The van der Waals surface area contributed by atoms with Crippen LogP contribution in [0.15, 0.2) is 12.1 Å². The smallest absolute Gasteiger partial charge is 0.302 e. The molecule has 2 saturated carbocycles. The van der Waals surface area contributed by atoms with E-state index in [2.05, 4.69) is 6.92 Å². The summed E-state index contributed by atoms with van der Waals surface area (Å²) in [6.07, 6.45) is 7.48. The standard InChI is InChI=1S/C22H29FO3/c1-4-22-10-9-15-16(18(22)7-8-21(22)26-13(2)24)6-5-14-11-20(25-3)19(23)12-17(14)15/h11-12,15-16,18,21H,4-10H2,1-3H3/t15-,16-,18-,21-,22-/m0/s1. The number of fused-ring (bicyclic) bond motifs is 5. The number of ether oxygens (including phenoxy) is 2. The molecule has 0 unspecified atom stereocenters. The molecule has 4 rings (SSSR count). The molecule has 0 radical (unpaired) electrons. The fourth-order valence-electron chi connectivity index (χ4n) is 6.53. The second-order valence-corrected chi connectivity index (χ2v) is 8.40. The second kappa shape index (κ2) is 6.54. The summed E-state index contributed by atoms with van der Waals surface area (Å²) < 4.78 is 25.3. The molecule has 4 heteroatoms. The average molecular weight is 360 g/mol. The molecule has 3 aliphatic carbocycles. The Morgan fingerprint density at radius 1 is 1.27 bits per heavy atom. The van der Waals surface area contributed by atoms with Gasteiger partial charge in [0.15, 0.2) is 11.6 Å². The highest BCUT2D eigenvalue weighted by Crippen LogP contribution is 2.63. The molecule has 0 aliphatic heterocycles. The Morgan fingerprint density at radius 2 is 2.08 bits per heavy atom. The quantitative estimate of drug-likeness (QED) is 0.711. The van der Waals surface area contributed by atoms with Gasteiger partial charge in [0.1, 0.15) is 6.10 Å². The number of carbonyl (C=O) groups excluding carboxylic acids is 1. The number of aryl methyl sites for hydroxylation is 1. The largest absolute Gasteiger partial charge is 0.494 e. The van der Waals surface area contributed by atoms with Crippen molar-refractivity contribution in [3.8, 4) is 5.75 Å². The highest BCUT2D eigenvalue weighted by molar-refractivity contribution is 5.66. The summed E-state index contributed by atoms with van der Waals surface area (Å²) in [6, 6.07) is 3.63. The third-order valence-corrected chi connectivity index (χ3v) is 7.60. The van der Waals surface area contributed by atoms with Gasteiger partial charge in [0.2, 0.25) is 0 Å². The first-order chi connectivity index (χ1) is 12.5. The molecular formula is C22H29FO3. The highest BCUT2D eigenvalue weighted by atomic mass is 19.1. The lowest BCUT2D eigenvalue weighted by atomic mass is 9.54. The fraction of sp³-hybridized carbons (Fsp3) is 0.682. The number of hydrogen-bond donors (Lipinski definition) is 0. The van der Waals surface area contributed by atoms with Gasteiger partial charge in [-0.1, -0.05) is 6.92 Å². The lowest BCUT2D eigenvalue weighted by molar-refractivity contribution is -0.156. The second-order valence-electron chi connectivity index (χ2n) is 8.40. The third-order valence-electron chi connectivity index (χ3n) is 7.60. The van der Waals surface area contributed by atoms with Gasteiger partial charge in [-0.2, -0.15) is 0 Å². The maximum Gasteiger partial charge on any atom is 0.302 e. The first-order valence-electron chi connectivity index (χ1n) is 10.0. The fourth-order valence-corrected chi connectivity index (χ4v) is 6.53. The van der Waals surface area contributed by atoms with Crippen molar-refractivity contribution >= 4 is 5.97 Å². The Hall–Kier alpha value is -1.58. The number of hydrogen-bond acceptors (Lipinski definition) is 3. The van der Waals surface area contributed by atoms with Crippen molar-refractivity contribution in [2.24, 2.45) is 17.3 Å². The van der Waals surface area contributed by atoms with Gasteiger partial charge < -0.3 is 9.47 Å². The molecule has 3 nitrogen and oxygen atoms in total. The molecule has 0 N–H and O–H groups in total. The van der Waals surface area contributed by atoms with E-state index >= 15 is 0 Å². The van der Waals surface area contributed by atoms with Crippen molar-refractivity contribution in [1.82, 2.24) is 0 Å². The molecule has 3 aliphatic rings. The topological polar surface area (TPSA) is 35.5 Å². The Labute approximate surface area is 155 Å². The molecule has 0 spiro atoms. The molecule has 0 aromatic heterocycles. The maximum atomic E-state index is 14.4. The molecule has 1 aromatic rings. The van der Waals surface area contributed by atoms with Crippen molar-refractivity contribution < 1.29 is 18.7 Å². The zero-order valence-electron chi connectivity index (χ0n) is 16.0. The number of methoxy groups -OCH3 is 1. The SMILES string of the molecule is CC[C@]12CC[C@@H]3c4cc(F)c(OC)cc4CC[C@@H]3[C@@H]1CC[C@@H]2OC(C)=O.